The van der Waals surface area contributed by atoms with E-state index in [1.807, 2.05) is 0 Å². The molecule has 0 atom stereocenters. The van der Waals surface area contributed by atoms with Crippen LogP contribution in [0, 0.1) is 0 Å². The van der Waals surface area contributed by atoms with Gasteiger partial charge in [0.2, 0.25) is 0 Å². The van der Waals surface area contributed by atoms with E-state index >= 15 is 0 Å². The Hall–Kier alpha value is 0.279. The average Bonchev–Trinajstić information content (AvgIpc) is 2.29. The van der Waals surface area contributed by atoms with Crippen LogP contribution < -0.4 is 3.61 Å². The number of allylic oxidation sites excluding steroid dienone is 4. The van der Waals surface area contributed by atoms with Crippen LogP contribution in [0.25, 0.3) is 0 Å². The van der Waals surface area contributed by atoms with Crippen LogP contribution in [0.4, 0.5) is 0 Å². The van der Waals surface area contributed by atoms with E-state index in [9.17, 15) is 0 Å². The Kier molecular flexibility index (Phi) is 4.62. The Labute approximate surface area is 102 Å². The van der Waals surface area contributed by atoms with Gasteiger partial charge in [0.15, 0.2) is 0 Å². The van der Waals surface area contributed by atoms with Crippen molar-refractivity contribution >= 4 is 37.7 Å². The third kappa shape index (κ3) is 3.45. The Morgan fingerprint density at radius 2 is 1.79 bits per heavy atom. The standard InChI is InChI=1S/C12H12Te2/c1-3-7-11(8-4-1)13-14-12-9-5-2-6-10-12/h1,3-5,7-10H,2,6H2. The first-order valence-corrected chi connectivity index (χ1v) is 14.4. The van der Waals surface area contributed by atoms with Gasteiger partial charge in [-0.25, -0.2) is 0 Å². The van der Waals surface area contributed by atoms with Crippen molar-refractivity contribution in [3.8, 4) is 0 Å². The predicted molar refractivity (Wildman–Crippen MR) is 64.0 cm³/mol. The van der Waals surface area contributed by atoms with E-state index in [1.165, 1.54) is 12.8 Å². The molecule has 1 aliphatic rings. The zero-order valence-electron chi connectivity index (χ0n) is 7.85. The zero-order chi connectivity index (χ0) is 9.64. The Balaban J connectivity index is 1.88. The van der Waals surface area contributed by atoms with E-state index in [0.717, 1.165) is 0 Å². The summed E-state index contributed by atoms with van der Waals surface area (Å²) in [6.45, 7) is 0. The topological polar surface area (TPSA) is 0 Å². The van der Waals surface area contributed by atoms with Gasteiger partial charge in [-0.05, 0) is 0 Å². The molecule has 0 spiro atoms. The van der Waals surface area contributed by atoms with Gasteiger partial charge in [0, 0.05) is 0 Å². The second-order valence-electron chi connectivity index (χ2n) is 3.07. The van der Waals surface area contributed by atoms with Crippen LogP contribution in [0.3, 0.4) is 0 Å². The molecule has 2 rings (SSSR count). The van der Waals surface area contributed by atoms with Crippen molar-refractivity contribution < 1.29 is 0 Å². The Morgan fingerprint density at radius 1 is 0.929 bits per heavy atom. The number of rotatable bonds is 3. The Morgan fingerprint density at radius 3 is 2.50 bits per heavy atom. The monoisotopic (exact) mass is 416 g/mol. The average molecular weight is 411 g/mol. The second-order valence-corrected chi connectivity index (χ2v) is 13.1. The van der Waals surface area contributed by atoms with Crippen LogP contribution in [0.15, 0.2) is 52.2 Å². The summed E-state index contributed by atoms with van der Waals surface area (Å²) in [5, 5.41) is 0. The molecule has 2 heteroatoms. The first kappa shape index (κ1) is 10.8. The first-order chi connectivity index (χ1) is 6.95. The van der Waals surface area contributed by atoms with Gasteiger partial charge in [-0.15, -0.1) is 0 Å². The molecule has 0 nitrogen and oxygen atoms in total. The fourth-order valence-corrected chi connectivity index (χ4v) is 11.7. The molecule has 0 fully saturated rings. The minimum atomic E-state index is 0.134. The molecule has 1 aromatic rings. The van der Waals surface area contributed by atoms with Crippen LogP contribution in [0.1, 0.15) is 12.8 Å². The van der Waals surface area contributed by atoms with Crippen LogP contribution in [-0.2, 0) is 0 Å². The Bertz CT molecular complexity index is 339. The maximum absolute atomic E-state index is 2.45. The summed E-state index contributed by atoms with van der Waals surface area (Å²) in [4.78, 5) is 0. The summed E-state index contributed by atoms with van der Waals surface area (Å²) < 4.78 is 3.31. The van der Waals surface area contributed by atoms with Crippen molar-refractivity contribution in [3.63, 3.8) is 0 Å². The molecule has 0 saturated carbocycles. The second kappa shape index (κ2) is 5.99. The summed E-state index contributed by atoms with van der Waals surface area (Å²) in [6.07, 6.45) is 9.67. The van der Waals surface area contributed by atoms with Crippen LogP contribution in [-0.4, -0.2) is 34.1 Å². The molecule has 0 unspecified atom stereocenters. The summed E-state index contributed by atoms with van der Waals surface area (Å²) in [5.41, 5.74) is 0. The first-order valence-electron chi connectivity index (χ1n) is 4.71. The van der Waals surface area contributed by atoms with Crippen LogP contribution in [0.5, 0.6) is 0 Å². The number of hydrogen-bond donors (Lipinski definition) is 0. The third-order valence-electron chi connectivity index (χ3n) is 1.94. The molecule has 1 aromatic carbocycles. The molecule has 0 heterocycles. The summed E-state index contributed by atoms with van der Waals surface area (Å²) >= 11 is 0.284. The minimum absolute atomic E-state index is 0.134. The van der Waals surface area contributed by atoms with Crippen LogP contribution in [0.2, 0.25) is 0 Å². The van der Waals surface area contributed by atoms with E-state index < -0.39 is 0 Å². The molecule has 0 N–H and O–H groups in total. The van der Waals surface area contributed by atoms with Crippen molar-refractivity contribution in [2.75, 3.05) is 0 Å². The van der Waals surface area contributed by atoms with E-state index in [0.29, 0.717) is 0 Å². The molecule has 0 aliphatic heterocycles. The van der Waals surface area contributed by atoms with Crippen molar-refractivity contribution in [2.45, 2.75) is 12.8 Å². The summed E-state index contributed by atoms with van der Waals surface area (Å²) in [5.74, 6) is 0. The van der Waals surface area contributed by atoms with Gasteiger partial charge < -0.3 is 0 Å². The molecule has 0 bridgehead atoms. The predicted octanol–water partition coefficient (Wildman–Crippen LogP) is 1.87. The van der Waals surface area contributed by atoms with Gasteiger partial charge in [0.1, 0.15) is 0 Å². The fourth-order valence-electron chi connectivity index (χ4n) is 1.22. The van der Waals surface area contributed by atoms with E-state index in [1.54, 1.807) is 7.23 Å². The molecule has 0 saturated heterocycles. The molecule has 1 aliphatic carbocycles. The zero-order valence-corrected chi connectivity index (χ0v) is 12.5. The summed E-state index contributed by atoms with van der Waals surface area (Å²) in [7, 11) is 0. The molecule has 0 radical (unpaired) electrons. The van der Waals surface area contributed by atoms with Crippen LogP contribution >= 0.6 is 0 Å². The molecular weight excluding hydrogens is 399 g/mol. The molecule has 0 amide bonds. The molecule has 0 aromatic heterocycles. The van der Waals surface area contributed by atoms with Crippen molar-refractivity contribution in [1.82, 2.24) is 0 Å². The summed E-state index contributed by atoms with van der Waals surface area (Å²) in [6, 6.07) is 11.0. The van der Waals surface area contributed by atoms with Gasteiger partial charge >= 0.3 is 103 Å². The van der Waals surface area contributed by atoms with Gasteiger partial charge in [0.05, 0.1) is 0 Å². The van der Waals surface area contributed by atoms with E-state index in [2.05, 4.69) is 48.6 Å². The number of benzene rings is 1. The van der Waals surface area contributed by atoms with Gasteiger partial charge in [0.25, 0.3) is 0 Å². The van der Waals surface area contributed by atoms with E-state index in [4.69, 9.17) is 0 Å². The molecule has 14 heavy (non-hydrogen) atoms. The SMILES string of the molecule is C1=CC([Te][Te]c2ccccc2)=CCC1. The number of hydrogen-bond acceptors (Lipinski definition) is 0. The van der Waals surface area contributed by atoms with Gasteiger partial charge in [-0.3, -0.25) is 0 Å². The van der Waals surface area contributed by atoms with Crippen molar-refractivity contribution in [2.24, 2.45) is 0 Å². The van der Waals surface area contributed by atoms with Crippen molar-refractivity contribution in [3.05, 3.63) is 52.2 Å². The van der Waals surface area contributed by atoms with Gasteiger partial charge in [-0.1, -0.05) is 0 Å². The fraction of sp³-hybridized carbons (Fsp3) is 0.167. The quantitative estimate of drug-likeness (QED) is 0.667. The maximum atomic E-state index is 2.45. The third-order valence-corrected chi connectivity index (χ3v) is 13.9. The van der Waals surface area contributed by atoms with Crippen molar-refractivity contribution in [1.29, 1.82) is 0 Å². The van der Waals surface area contributed by atoms with E-state index in [-0.39, 0.29) is 34.1 Å². The molecular formula is C12H12Te2. The molecule has 72 valence electrons. The normalized spacial score (nSPS) is 15.3. The van der Waals surface area contributed by atoms with Gasteiger partial charge in [-0.2, -0.15) is 0 Å².